The number of hydrogen-bond acceptors (Lipinski definition) is 3. The number of halogens is 1. The third-order valence-electron chi connectivity index (χ3n) is 2.48. The maximum atomic E-state index is 11.3. The first-order valence-corrected chi connectivity index (χ1v) is 4.97. The molecular weight excluding hydrogens is 226 g/mol. The molecule has 0 fully saturated rings. The largest absolute Gasteiger partial charge is 0.468 e. The average molecular weight is 244 g/mol. The average Bonchev–Trinajstić information content (AvgIpc) is 2.28. The smallest absolute Gasteiger partial charge is 0.322 e. The van der Waals surface area contributed by atoms with Crippen LogP contribution in [0.5, 0.6) is 0 Å². The summed E-state index contributed by atoms with van der Waals surface area (Å²) >= 11 is 0. The Labute approximate surface area is 103 Å². The third kappa shape index (κ3) is 4.21. The summed E-state index contributed by atoms with van der Waals surface area (Å²) < 4.78 is 4.69. The van der Waals surface area contributed by atoms with E-state index in [4.69, 9.17) is 4.74 Å². The standard InChI is InChI=1S/C12H17NO2.ClH/c1-10(12(14)15-3)13(2)9-11-7-5-4-6-8-11;/h4-8,10H,9H2,1-3H3;1H. The van der Waals surface area contributed by atoms with Crippen LogP contribution in [0.3, 0.4) is 0 Å². The van der Waals surface area contributed by atoms with Crippen LogP contribution in [-0.4, -0.2) is 31.1 Å². The van der Waals surface area contributed by atoms with E-state index in [-0.39, 0.29) is 24.4 Å². The summed E-state index contributed by atoms with van der Waals surface area (Å²) in [5.74, 6) is -0.201. The van der Waals surface area contributed by atoms with E-state index in [1.54, 1.807) is 0 Å². The minimum atomic E-state index is -0.213. The minimum absolute atomic E-state index is 0. The third-order valence-corrected chi connectivity index (χ3v) is 2.48. The summed E-state index contributed by atoms with van der Waals surface area (Å²) in [7, 11) is 3.32. The normalized spacial score (nSPS) is 11.8. The van der Waals surface area contributed by atoms with Crippen LogP contribution < -0.4 is 0 Å². The molecule has 0 radical (unpaired) electrons. The fourth-order valence-electron chi connectivity index (χ4n) is 1.36. The lowest BCUT2D eigenvalue weighted by molar-refractivity contribution is -0.145. The second-order valence-electron chi connectivity index (χ2n) is 3.60. The van der Waals surface area contributed by atoms with Gasteiger partial charge in [-0.2, -0.15) is 0 Å². The first kappa shape index (κ1) is 14.9. The van der Waals surface area contributed by atoms with E-state index in [1.807, 2.05) is 49.2 Å². The molecule has 3 nitrogen and oxygen atoms in total. The molecule has 90 valence electrons. The molecule has 0 aliphatic carbocycles. The van der Waals surface area contributed by atoms with Gasteiger partial charge >= 0.3 is 5.97 Å². The Morgan fingerprint density at radius 2 is 1.94 bits per heavy atom. The Bertz CT molecular complexity index is 316. The van der Waals surface area contributed by atoms with Gasteiger partial charge in [0.25, 0.3) is 0 Å². The van der Waals surface area contributed by atoms with E-state index < -0.39 is 0 Å². The van der Waals surface area contributed by atoms with E-state index in [0.717, 1.165) is 6.54 Å². The fourth-order valence-corrected chi connectivity index (χ4v) is 1.36. The number of benzene rings is 1. The second-order valence-corrected chi connectivity index (χ2v) is 3.60. The number of esters is 1. The molecule has 0 spiro atoms. The van der Waals surface area contributed by atoms with Gasteiger partial charge in [0, 0.05) is 6.54 Å². The van der Waals surface area contributed by atoms with Gasteiger partial charge in [-0.3, -0.25) is 9.69 Å². The highest BCUT2D eigenvalue weighted by Gasteiger charge is 2.17. The molecule has 0 bridgehead atoms. The van der Waals surface area contributed by atoms with Crippen molar-refractivity contribution in [1.29, 1.82) is 0 Å². The molecular formula is C12H18ClNO2. The zero-order chi connectivity index (χ0) is 11.3. The van der Waals surface area contributed by atoms with Crippen LogP contribution >= 0.6 is 12.4 Å². The molecule has 0 aliphatic rings. The zero-order valence-corrected chi connectivity index (χ0v) is 10.7. The van der Waals surface area contributed by atoms with Crippen LogP contribution in [0.15, 0.2) is 30.3 Å². The Hall–Kier alpha value is -1.06. The number of ether oxygens (including phenoxy) is 1. The second kappa shape index (κ2) is 7.25. The maximum absolute atomic E-state index is 11.3. The fraction of sp³-hybridized carbons (Fsp3) is 0.417. The molecule has 0 aliphatic heterocycles. The van der Waals surface area contributed by atoms with Crippen molar-refractivity contribution in [3.8, 4) is 0 Å². The molecule has 4 heteroatoms. The Morgan fingerprint density at radius 3 is 2.44 bits per heavy atom. The summed E-state index contributed by atoms with van der Waals surface area (Å²) in [4.78, 5) is 13.2. The molecule has 1 unspecified atom stereocenters. The van der Waals surface area contributed by atoms with Crippen LogP contribution in [0, 0.1) is 0 Å². The number of methoxy groups -OCH3 is 1. The Balaban J connectivity index is 0.00000225. The molecule has 0 amide bonds. The number of carbonyl (C=O) groups is 1. The number of carbonyl (C=O) groups excluding carboxylic acids is 1. The van der Waals surface area contributed by atoms with Gasteiger partial charge < -0.3 is 4.74 Å². The molecule has 1 rings (SSSR count). The van der Waals surface area contributed by atoms with Crippen molar-refractivity contribution in [3.05, 3.63) is 35.9 Å². The molecule has 16 heavy (non-hydrogen) atoms. The van der Waals surface area contributed by atoms with Gasteiger partial charge in [-0.1, -0.05) is 30.3 Å². The van der Waals surface area contributed by atoms with Crippen molar-refractivity contribution in [3.63, 3.8) is 0 Å². The van der Waals surface area contributed by atoms with Gasteiger partial charge in [0.05, 0.1) is 7.11 Å². The van der Waals surface area contributed by atoms with Crippen LogP contribution in [-0.2, 0) is 16.1 Å². The van der Waals surface area contributed by atoms with Crippen molar-refractivity contribution in [2.45, 2.75) is 19.5 Å². The van der Waals surface area contributed by atoms with E-state index in [2.05, 4.69) is 0 Å². The lowest BCUT2D eigenvalue weighted by Crippen LogP contribution is -2.36. The van der Waals surface area contributed by atoms with Gasteiger partial charge in [-0.25, -0.2) is 0 Å². The number of rotatable bonds is 4. The predicted octanol–water partition coefficient (Wildman–Crippen LogP) is 2.10. The van der Waals surface area contributed by atoms with Crippen molar-refractivity contribution in [2.24, 2.45) is 0 Å². The highest BCUT2D eigenvalue weighted by atomic mass is 35.5. The number of hydrogen-bond donors (Lipinski definition) is 0. The summed E-state index contributed by atoms with van der Waals surface area (Å²) in [6, 6.07) is 9.84. The van der Waals surface area contributed by atoms with Crippen molar-refractivity contribution in [1.82, 2.24) is 4.90 Å². The minimum Gasteiger partial charge on any atom is -0.468 e. The summed E-state index contributed by atoms with van der Waals surface area (Å²) in [5.41, 5.74) is 1.19. The van der Waals surface area contributed by atoms with Crippen LogP contribution in [0.4, 0.5) is 0 Å². The molecule has 0 saturated carbocycles. The first-order valence-electron chi connectivity index (χ1n) is 4.97. The van der Waals surface area contributed by atoms with Crippen molar-refractivity contribution < 1.29 is 9.53 Å². The van der Waals surface area contributed by atoms with Gasteiger partial charge in [-0.15, -0.1) is 12.4 Å². The molecule has 0 N–H and O–H groups in total. The predicted molar refractivity (Wildman–Crippen MR) is 66.6 cm³/mol. The monoisotopic (exact) mass is 243 g/mol. The lowest BCUT2D eigenvalue weighted by atomic mass is 10.2. The van der Waals surface area contributed by atoms with Crippen LogP contribution in [0.1, 0.15) is 12.5 Å². The van der Waals surface area contributed by atoms with E-state index >= 15 is 0 Å². The molecule has 1 aromatic carbocycles. The molecule has 1 atom stereocenters. The lowest BCUT2D eigenvalue weighted by Gasteiger charge is -2.22. The van der Waals surface area contributed by atoms with E-state index in [1.165, 1.54) is 12.7 Å². The summed E-state index contributed by atoms with van der Waals surface area (Å²) in [6.45, 7) is 2.59. The highest BCUT2D eigenvalue weighted by Crippen LogP contribution is 2.06. The topological polar surface area (TPSA) is 29.5 Å². The van der Waals surface area contributed by atoms with Gasteiger partial charge in [-0.05, 0) is 19.5 Å². The van der Waals surface area contributed by atoms with Gasteiger partial charge in [0.2, 0.25) is 0 Å². The van der Waals surface area contributed by atoms with Crippen molar-refractivity contribution >= 4 is 18.4 Å². The Morgan fingerprint density at radius 1 is 1.38 bits per heavy atom. The molecule has 1 aromatic rings. The highest BCUT2D eigenvalue weighted by molar-refractivity contribution is 5.85. The van der Waals surface area contributed by atoms with Gasteiger partial charge in [0.1, 0.15) is 6.04 Å². The summed E-state index contributed by atoms with van der Waals surface area (Å²) in [5, 5.41) is 0. The Kier molecular flexibility index (Phi) is 6.77. The molecule has 0 saturated heterocycles. The molecule has 0 heterocycles. The number of nitrogens with zero attached hydrogens (tertiary/aromatic N) is 1. The SMILES string of the molecule is COC(=O)C(C)N(C)Cc1ccccc1.Cl. The van der Waals surface area contributed by atoms with E-state index in [0.29, 0.717) is 0 Å². The number of likely N-dealkylation sites (N-methyl/N-ethyl adjacent to an activating group) is 1. The van der Waals surface area contributed by atoms with Gasteiger partial charge in [0.15, 0.2) is 0 Å². The van der Waals surface area contributed by atoms with E-state index in [9.17, 15) is 4.79 Å². The molecule has 0 aromatic heterocycles. The zero-order valence-electron chi connectivity index (χ0n) is 9.84. The van der Waals surface area contributed by atoms with Crippen LogP contribution in [0.2, 0.25) is 0 Å². The quantitative estimate of drug-likeness (QED) is 0.759. The first-order chi connectivity index (χ1) is 7.15. The van der Waals surface area contributed by atoms with Crippen molar-refractivity contribution in [2.75, 3.05) is 14.2 Å². The van der Waals surface area contributed by atoms with Crippen LogP contribution in [0.25, 0.3) is 0 Å². The maximum Gasteiger partial charge on any atom is 0.322 e. The summed E-state index contributed by atoms with van der Waals surface area (Å²) in [6.07, 6.45) is 0.